The minimum atomic E-state index is -4.53. The van der Waals surface area contributed by atoms with Crippen LogP contribution >= 0.6 is 0 Å². The number of alkyl halides is 3. The van der Waals surface area contributed by atoms with E-state index in [9.17, 15) is 27.6 Å². The number of carbonyl (C=O) groups excluding carboxylic acids is 1. The van der Waals surface area contributed by atoms with E-state index < -0.39 is 23.0 Å². The van der Waals surface area contributed by atoms with Crippen molar-refractivity contribution in [3.05, 3.63) is 116 Å². The van der Waals surface area contributed by atoms with E-state index in [2.05, 4.69) is 0 Å². The van der Waals surface area contributed by atoms with Crippen molar-refractivity contribution in [1.29, 1.82) is 0 Å². The van der Waals surface area contributed by atoms with E-state index in [1.807, 2.05) is 0 Å². The van der Waals surface area contributed by atoms with Gasteiger partial charge in [-0.05, 0) is 35.4 Å². The lowest BCUT2D eigenvalue weighted by molar-refractivity contribution is -0.137. The predicted octanol–water partition coefficient (Wildman–Crippen LogP) is 4.87. The summed E-state index contributed by atoms with van der Waals surface area (Å²) in [7, 11) is 0. The number of Topliss-reactive ketones (excluding diaryl/α,β-unsaturated/α-hetero) is 1. The number of aromatic nitrogens is 2. The van der Waals surface area contributed by atoms with Gasteiger partial charge in [-0.2, -0.15) is 13.2 Å². The van der Waals surface area contributed by atoms with E-state index in [0.717, 1.165) is 22.3 Å². The summed E-state index contributed by atoms with van der Waals surface area (Å²) in [6.07, 6.45) is -4.15. The molecular formula is C26H21F3N2O3. The van der Waals surface area contributed by atoms with Crippen molar-refractivity contribution in [1.82, 2.24) is 9.13 Å². The first-order valence-electron chi connectivity index (χ1n) is 10.7. The summed E-state index contributed by atoms with van der Waals surface area (Å²) in [5.74, 6) is 0.00352. The van der Waals surface area contributed by atoms with Crippen molar-refractivity contribution in [3.63, 3.8) is 0 Å². The lowest BCUT2D eigenvalue weighted by Gasteiger charge is -2.15. The molecule has 0 N–H and O–H groups in total. The molecule has 0 aliphatic rings. The normalized spacial score (nSPS) is 11.6. The minimum absolute atomic E-state index is 0.00352. The van der Waals surface area contributed by atoms with Gasteiger partial charge in [-0.15, -0.1) is 0 Å². The van der Waals surface area contributed by atoms with Gasteiger partial charge in [-0.25, -0.2) is 4.79 Å². The van der Waals surface area contributed by atoms with Gasteiger partial charge in [0.1, 0.15) is 0 Å². The summed E-state index contributed by atoms with van der Waals surface area (Å²) < 4.78 is 41.7. The number of para-hydroxylation sites is 1. The zero-order chi connectivity index (χ0) is 24.5. The number of ketones is 1. The number of rotatable bonds is 6. The van der Waals surface area contributed by atoms with Gasteiger partial charge in [-0.3, -0.25) is 18.7 Å². The van der Waals surface area contributed by atoms with E-state index >= 15 is 0 Å². The zero-order valence-corrected chi connectivity index (χ0v) is 18.3. The molecule has 4 rings (SSSR count). The van der Waals surface area contributed by atoms with Crippen molar-refractivity contribution in [2.45, 2.75) is 32.6 Å². The van der Waals surface area contributed by atoms with Gasteiger partial charge in [0.05, 0.1) is 29.6 Å². The first kappa shape index (κ1) is 23.2. The Kier molecular flexibility index (Phi) is 6.24. The standard InChI is InChI=1S/C26H21F3N2O3/c1-2-23(32)19-12-10-17(11-13-19)15-30-22-9-4-3-8-21(22)24(33)31(25(30)34)16-18-6-5-7-20(14-18)26(27,28)29/h3-14H,2,15-16H2,1H3. The Morgan fingerprint density at radius 1 is 0.824 bits per heavy atom. The molecule has 174 valence electrons. The van der Waals surface area contributed by atoms with Crippen LogP contribution in [0.25, 0.3) is 10.9 Å². The highest BCUT2D eigenvalue weighted by atomic mass is 19.4. The highest BCUT2D eigenvalue weighted by Gasteiger charge is 2.30. The fourth-order valence-electron chi connectivity index (χ4n) is 3.87. The van der Waals surface area contributed by atoms with Gasteiger partial charge in [0.15, 0.2) is 5.78 Å². The minimum Gasteiger partial charge on any atom is -0.294 e. The largest absolute Gasteiger partial charge is 0.416 e. The summed E-state index contributed by atoms with van der Waals surface area (Å²) >= 11 is 0. The Labute approximate surface area is 192 Å². The molecule has 0 saturated carbocycles. The third-order valence-corrected chi connectivity index (χ3v) is 5.66. The summed E-state index contributed by atoms with van der Waals surface area (Å²) in [4.78, 5) is 38.3. The van der Waals surface area contributed by atoms with Crippen LogP contribution in [0, 0.1) is 0 Å². The molecule has 0 atom stereocenters. The molecule has 0 aliphatic carbocycles. The van der Waals surface area contributed by atoms with Crippen molar-refractivity contribution < 1.29 is 18.0 Å². The maximum atomic E-state index is 13.4. The molecule has 1 heterocycles. The highest BCUT2D eigenvalue weighted by molar-refractivity contribution is 5.95. The maximum Gasteiger partial charge on any atom is 0.416 e. The van der Waals surface area contributed by atoms with Gasteiger partial charge < -0.3 is 0 Å². The van der Waals surface area contributed by atoms with Crippen LogP contribution in [0.4, 0.5) is 13.2 Å². The summed E-state index contributed by atoms with van der Waals surface area (Å²) in [5.41, 5.74) is -0.124. The molecule has 0 saturated heterocycles. The number of fused-ring (bicyclic) bond motifs is 1. The molecule has 0 bridgehead atoms. The molecule has 8 heteroatoms. The second-order valence-corrected chi connectivity index (χ2v) is 7.95. The van der Waals surface area contributed by atoms with Crippen LogP contribution < -0.4 is 11.2 Å². The fraction of sp³-hybridized carbons (Fsp3) is 0.192. The Morgan fingerprint density at radius 2 is 1.50 bits per heavy atom. The number of benzene rings is 3. The first-order chi connectivity index (χ1) is 16.2. The van der Waals surface area contributed by atoms with Gasteiger partial charge in [0, 0.05) is 12.0 Å². The van der Waals surface area contributed by atoms with Crippen LogP contribution in [0.3, 0.4) is 0 Å². The number of nitrogens with zero attached hydrogens (tertiary/aromatic N) is 2. The summed E-state index contributed by atoms with van der Waals surface area (Å²) in [5, 5.41) is 0.284. The number of halogens is 3. The third kappa shape index (κ3) is 4.57. The molecule has 0 amide bonds. The molecule has 5 nitrogen and oxygen atoms in total. The van der Waals surface area contributed by atoms with E-state index in [1.165, 1.54) is 16.7 Å². The first-order valence-corrected chi connectivity index (χ1v) is 10.7. The third-order valence-electron chi connectivity index (χ3n) is 5.66. The molecule has 34 heavy (non-hydrogen) atoms. The number of hydrogen-bond acceptors (Lipinski definition) is 3. The Hall–Kier alpha value is -3.94. The number of hydrogen-bond donors (Lipinski definition) is 0. The SMILES string of the molecule is CCC(=O)c1ccc(Cn2c(=O)n(Cc3cccc(C(F)(F)F)c3)c(=O)c3ccccc32)cc1. The smallest absolute Gasteiger partial charge is 0.294 e. The van der Waals surface area contributed by atoms with Crippen molar-refractivity contribution >= 4 is 16.7 Å². The molecule has 0 aliphatic heterocycles. The molecule has 4 aromatic rings. The molecule has 3 aromatic carbocycles. The Balaban J connectivity index is 1.80. The lowest BCUT2D eigenvalue weighted by atomic mass is 10.1. The van der Waals surface area contributed by atoms with Gasteiger partial charge >= 0.3 is 11.9 Å². The van der Waals surface area contributed by atoms with Crippen LogP contribution in [-0.2, 0) is 19.3 Å². The highest BCUT2D eigenvalue weighted by Crippen LogP contribution is 2.29. The van der Waals surface area contributed by atoms with Crippen molar-refractivity contribution in [3.8, 4) is 0 Å². The predicted molar refractivity (Wildman–Crippen MR) is 123 cm³/mol. The molecule has 0 fully saturated rings. The maximum absolute atomic E-state index is 13.4. The second-order valence-electron chi connectivity index (χ2n) is 7.95. The van der Waals surface area contributed by atoms with Gasteiger partial charge in [0.2, 0.25) is 0 Å². The van der Waals surface area contributed by atoms with Crippen LogP contribution in [0.5, 0.6) is 0 Å². The fourth-order valence-corrected chi connectivity index (χ4v) is 3.87. The van der Waals surface area contributed by atoms with Crippen LogP contribution in [0.1, 0.15) is 40.4 Å². The molecule has 0 spiro atoms. The second kappa shape index (κ2) is 9.13. The molecule has 0 unspecified atom stereocenters. The van der Waals surface area contributed by atoms with Gasteiger partial charge in [-0.1, -0.05) is 55.5 Å². The van der Waals surface area contributed by atoms with Gasteiger partial charge in [0.25, 0.3) is 5.56 Å². The zero-order valence-electron chi connectivity index (χ0n) is 18.3. The Morgan fingerprint density at radius 3 is 2.18 bits per heavy atom. The van der Waals surface area contributed by atoms with E-state index in [4.69, 9.17) is 0 Å². The number of carbonyl (C=O) groups is 1. The summed E-state index contributed by atoms with van der Waals surface area (Å²) in [6.45, 7) is 1.61. The lowest BCUT2D eigenvalue weighted by Crippen LogP contribution is -2.40. The monoisotopic (exact) mass is 466 g/mol. The topological polar surface area (TPSA) is 61.1 Å². The van der Waals surface area contributed by atoms with E-state index in [0.29, 0.717) is 17.5 Å². The van der Waals surface area contributed by atoms with E-state index in [-0.39, 0.29) is 29.8 Å². The summed E-state index contributed by atoms with van der Waals surface area (Å²) in [6, 6.07) is 18.1. The van der Waals surface area contributed by atoms with Crippen molar-refractivity contribution in [2.24, 2.45) is 0 Å². The average Bonchev–Trinajstić information content (AvgIpc) is 2.84. The molecular weight excluding hydrogens is 445 g/mol. The van der Waals surface area contributed by atoms with Crippen LogP contribution in [0.15, 0.2) is 82.4 Å². The quantitative estimate of drug-likeness (QED) is 0.381. The average molecular weight is 466 g/mol. The van der Waals surface area contributed by atoms with Crippen LogP contribution in [0.2, 0.25) is 0 Å². The molecule has 0 radical (unpaired) electrons. The van der Waals surface area contributed by atoms with Crippen molar-refractivity contribution in [2.75, 3.05) is 0 Å². The van der Waals surface area contributed by atoms with E-state index in [1.54, 1.807) is 55.5 Å². The Bertz CT molecular complexity index is 1480. The molecule has 1 aromatic heterocycles. The van der Waals surface area contributed by atoms with Crippen LogP contribution in [-0.4, -0.2) is 14.9 Å².